The molecule has 1 amide bonds. The molecule has 106 valence electrons. The molecule has 0 aliphatic heterocycles. The van der Waals surface area contributed by atoms with Crippen LogP contribution in [-0.4, -0.2) is 32.3 Å². The first kappa shape index (κ1) is 15.8. The molecule has 4 nitrogen and oxygen atoms in total. The van der Waals surface area contributed by atoms with E-state index >= 15 is 0 Å². The van der Waals surface area contributed by atoms with Gasteiger partial charge in [-0.1, -0.05) is 15.9 Å². The molecule has 2 N–H and O–H groups in total. The van der Waals surface area contributed by atoms with E-state index in [2.05, 4.69) is 21.2 Å². The monoisotopic (exact) mass is 340 g/mol. The second-order valence-electron chi connectivity index (χ2n) is 3.61. The lowest BCUT2D eigenvalue weighted by Crippen LogP contribution is -2.35. The number of anilines is 1. The van der Waals surface area contributed by atoms with Gasteiger partial charge in [0.25, 0.3) is 0 Å². The maximum absolute atomic E-state index is 11.9. The lowest BCUT2D eigenvalue weighted by atomic mass is 10.3. The highest BCUT2D eigenvalue weighted by molar-refractivity contribution is 9.10. The molecule has 1 aromatic rings. The van der Waals surface area contributed by atoms with Crippen LogP contribution in [0.25, 0.3) is 0 Å². The molecule has 8 heteroatoms. The van der Waals surface area contributed by atoms with E-state index in [0.717, 1.165) is 0 Å². The van der Waals surface area contributed by atoms with Crippen molar-refractivity contribution in [3.05, 3.63) is 22.7 Å². The Kier molecular flexibility index (Phi) is 5.61. The predicted octanol–water partition coefficient (Wildman–Crippen LogP) is 2.55. The number of alkyl halides is 3. The molecule has 0 saturated heterocycles. The van der Waals surface area contributed by atoms with Gasteiger partial charge in [0.15, 0.2) is 0 Å². The van der Waals surface area contributed by atoms with Crippen LogP contribution in [0.2, 0.25) is 0 Å². The first-order valence-electron chi connectivity index (χ1n) is 5.22. The molecule has 0 saturated carbocycles. The quantitative estimate of drug-likeness (QED) is 0.866. The maximum atomic E-state index is 11.9. The second-order valence-corrected chi connectivity index (χ2v) is 4.53. The summed E-state index contributed by atoms with van der Waals surface area (Å²) in [5, 5.41) is 4.47. The number of benzene rings is 1. The highest BCUT2D eigenvalue weighted by Gasteiger charge is 2.26. The molecule has 0 aromatic heterocycles. The Hall–Kier alpha value is -1.28. The van der Waals surface area contributed by atoms with Crippen molar-refractivity contribution in [2.45, 2.75) is 6.18 Å². The minimum Gasteiger partial charge on any atom is -0.495 e. The topological polar surface area (TPSA) is 50.4 Å². The lowest BCUT2D eigenvalue weighted by molar-refractivity contribution is -0.126. The summed E-state index contributed by atoms with van der Waals surface area (Å²) >= 11 is 3.22. The van der Waals surface area contributed by atoms with Crippen LogP contribution in [0, 0.1) is 0 Å². The Balaban J connectivity index is 2.55. The molecular formula is C11H12BrF3N2O2. The van der Waals surface area contributed by atoms with E-state index < -0.39 is 25.2 Å². The molecule has 0 radical (unpaired) electrons. The number of nitrogens with one attached hydrogen (secondary N) is 2. The molecule has 0 aliphatic rings. The van der Waals surface area contributed by atoms with Gasteiger partial charge in [0.1, 0.15) is 5.75 Å². The van der Waals surface area contributed by atoms with Gasteiger partial charge in [-0.15, -0.1) is 0 Å². The van der Waals surface area contributed by atoms with Gasteiger partial charge in [-0.3, -0.25) is 4.79 Å². The van der Waals surface area contributed by atoms with Crippen molar-refractivity contribution >= 4 is 27.5 Å². The Morgan fingerprint density at radius 1 is 1.42 bits per heavy atom. The first-order valence-corrected chi connectivity index (χ1v) is 6.02. The number of rotatable bonds is 5. The summed E-state index contributed by atoms with van der Waals surface area (Å²) in [6.45, 7) is -1.65. The third-order valence-corrected chi connectivity index (χ3v) is 2.54. The molecule has 0 fully saturated rings. The lowest BCUT2D eigenvalue weighted by Gasteiger charge is -2.11. The molecular weight excluding hydrogens is 329 g/mol. The fourth-order valence-corrected chi connectivity index (χ4v) is 1.65. The Morgan fingerprint density at radius 2 is 2.11 bits per heavy atom. The van der Waals surface area contributed by atoms with Gasteiger partial charge in [-0.2, -0.15) is 13.2 Å². The van der Waals surface area contributed by atoms with Crippen LogP contribution in [-0.2, 0) is 4.79 Å². The van der Waals surface area contributed by atoms with E-state index in [4.69, 9.17) is 4.74 Å². The fraction of sp³-hybridized carbons (Fsp3) is 0.364. The van der Waals surface area contributed by atoms with Gasteiger partial charge in [0.05, 0.1) is 25.9 Å². The Bertz CT molecular complexity index is 452. The standard InChI is InChI=1S/C11H12BrF3N2O2/c1-19-9-3-2-7(12)4-8(9)17-10(18)5-16-6-11(13,14)15/h2-4,16H,5-6H2,1H3,(H,17,18). The summed E-state index contributed by atoms with van der Waals surface area (Å²) in [5.41, 5.74) is 0.385. The summed E-state index contributed by atoms with van der Waals surface area (Å²) in [7, 11) is 1.43. The number of ether oxygens (including phenoxy) is 1. The maximum Gasteiger partial charge on any atom is 0.401 e. The highest BCUT2D eigenvalue weighted by Crippen LogP contribution is 2.27. The second kappa shape index (κ2) is 6.76. The number of methoxy groups -OCH3 is 1. The van der Waals surface area contributed by atoms with Crippen LogP contribution in [0.4, 0.5) is 18.9 Å². The normalized spacial score (nSPS) is 11.2. The van der Waals surface area contributed by atoms with Crippen molar-refractivity contribution in [2.24, 2.45) is 0 Å². The number of amides is 1. The van der Waals surface area contributed by atoms with E-state index in [9.17, 15) is 18.0 Å². The zero-order valence-electron chi connectivity index (χ0n) is 9.97. The molecule has 0 bridgehead atoms. The summed E-state index contributed by atoms with van der Waals surface area (Å²) in [5.74, 6) is -0.159. The van der Waals surface area contributed by atoms with Crippen molar-refractivity contribution in [1.29, 1.82) is 0 Å². The first-order chi connectivity index (χ1) is 8.81. The molecule has 0 heterocycles. The minimum atomic E-state index is -4.34. The summed E-state index contributed by atoms with van der Waals surface area (Å²) in [6, 6.07) is 4.94. The molecule has 1 aromatic carbocycles. The van der Waals surface area contributed by atoms with Crippen LogP contribution < -0.4 is 15.4 Å². The van der Waals surface area contributed by atoms with Gasteiger partial charge in [-0.25, -0.2) is 0 Å². The van der Waals surface area contributed by atoms with Crippen LogP contribution in [0.5, 0.6) is 5.75 Å². The molecule has 19 heavy (non-hydrogen) atoms. The zero-order valence-corrected chi connectivity index (χ0v) is 11.6. The average Bonchev–Trinajstić information content (AvgIpc) is 2.27. The largest absolute Gasteiger partial charge is 0.495 e. The number of hydrogen-bond donors (Lipinski definition) is 2. The summed E-state index contributed by atoms with van der Waals surface area (Å²) in [4.78, 5) is 11.5. The predicted molar refractivity (Wildman–Crippen MR) is 68.2 cm³/mol. The van der Waals surface area contributed by atoms with E-state index in [1.807, 2.05) is 5.32 Å². The van der Waals surface area contributed by atoms with E-state index in [-0.39, 0.29) is 0 Å². The average molecular weight is 341 g/mol. The van der Waals surface area contributed by atoms with Crippen LogP contribution in [0.3, 0.4) is 0 Å². The number of carbonyl (C=O) groups excluding carboxylic acids is 1. The van der Waals surface area contributed by atoms with Gasteiger partial charge in [-0.05, 0) is 18.2 Å². The van der Waals surface area contributed by atoms with Crippen molar-refractivity contribution in [1.82, 2.24) is 5.32 Å². The Labute approximate surface area is 116 Å². The van der Waals surface area contributed by atoms with Gasteiger partial charge in [0.2, 0.25) is 5.91 Å². The highest BCUT2D eigenvalue weighted by atomic mass is 79.9. The van der Waals surface area contributed by atoms with Crippen molar-refractivity contribution in [3.8, 4) is 5.75 Å². The van der Waals surface area contributed by atoms with Gasteiger partial charge in [0, 0.05) is 4.47 Å². The fourth-order valence-electron chi connectivity index (χ4n) is 1.29. The molecule has 0 unspecified atom stereocenters. The van der Waals surface area contributed by atoms with Crippen LogP contribution >= 0.6 is 15.9 Å². The molecule has 1 rings (SSSR count). The van der Waals surface area contributed by atoms with Gasteiger partial charge < -0.3 is 15.4 Å². The molecule has 0 aliphatic carbocycles. The van der Waals surface area contributed by atoms with Crippen molar-refractivity contribution < 1.29 is 22.7 Å². The summed E-state index contributed by atoms with van der Waals surface area (Å²) < 4.78 is 41.4. The Morgan fingerprint density at radius 3 is 2.68 bits per heavy atom. The third kappa shape index (κ3) is 5.93. The molecule has 0 atom stereocenters. The SMILES string of the molecule is COc1ccc(Br)cc1NC(=O)CNCC(F)(F)F. The van der Waals surface area contributed by atoms with Crippen molar-refractivity contribution in [2.75, 3.05) is 25.5 Å². The number of halogens is 4. The minimum absolute atomic E-state index is 0.385. The van der Waals surface area contributed by atoms with E-state index in [1.165, 1.54) is 7.11 Å². The van der Waals surface area contributed by atoms with E-state index in [0.29, 0.717) is 15.9 Å². The smallest absolute Gasteiger partial charge is 0.401 e. The number of carbonyl (C=O) groups is 1. The third-order valence-electron chi connectivity index (χ3n) is 2.05. The number of hydrogen-bond acceptors (Lipinski definition) is 3. The van der Waals surface area contributed by atoms with E-state index in [1.54, 1.807) is 18.2 Å². The van der Waals surface area contributed by atoms with Crippen LogP contribution in [0.1, 0.15) is 0 Å². The van der Waals surface area contributed by atoms with Crippen LogP contribution in [0.15, 0.2) is 22.7 Å². The molecule has 0 spiro atoms. The van der Waals surface area contributed by atoms with Crippen molar-refractivity contribution in [3.63, 3.8) is 0 Å². The summed E-state index contributed by atoms with van der Waals surface area (Å²) in [6.07, 6.45) is -4.34. The zero-order chi connectivity index (χ0) is 14.5. The van der Waals surface area contributed by atoms with Gasteiger partial charge >= 0.3 is 6.18 Å².